The fourth-order valence-electron chi connectivity index (χ4n) is 4.29. The van der Waals surface area contributed by atoms with Crippen LogP contribution in [0.4, 0.5) is 0 Å². The van der Waals surface area contributed by atoms with Crippen molar-refractivity contribution in [1.82, 2.24) is 19.6 Å². The molecular formula is C20H38N4O4S. The van der Waals surface area contributed by atoms with Crippen LogP contribution < -0.4 is 0 Å². The first-order chi connectivity index (χ1) is 13.6. The van der Waals surface area contributed by atoms with Gasteiger partial charge in [0.05, 0.1) is 23.3 Å². The van der Waals surface area contributed by atoms with E-state index in [4.69, 9.17) is 0 Å². The monoisotopic (exact) mass is 430 g/mol. The first kappa shape index (κ1) is 24.1. The van der Waals surface area contributed by atoms with E-state index in [1.54, 1.807) is 38.0 Å². The minimum absolute atomic E-state index is 0.0269. The standard InChI is InChI=1S/C20H38N4O4S/c1-21(2)19(25)17-7-5-9-23(15-17)11-13-29(27,28)14-12-24-10-6-8-18(16-24)20(26)22(3)4/h17-18H,5-16H2,1-4H3. The normalized spacial score (nSPS) is 24.3. The molecule has 2 amide bonds. The lowest BCUT2D eigenvalue weighted by atomic mass is 9.97. The second-order valence-electron chi connectivity index (χ2n) is 8.90. The molecule has 2 heterocycles. The van der Waals surface area contributed by atoms with Gasteiger partial charge in [0.1, 0.15) is 0 Å². The summed E-state index contributed by atoms with van der Waals surface area (Å²) in [6.45, 7) is 3.98. The van der Waals surface area contributed by atoms with E-state index in [1.165, 1.54) is 0 Å². The van der Waals surface area contributed by atoms with Crippen LogP contribution >= 0.6 is 0 Å². The zero-order valence-corrected chi connectivity index (χ0v) is 19.3. The largest absolute Gasteiger partial charge is 0.349 e. The van der Waals surface area contributed by atoms with Gasteiger partial charge in [-0.1, -0.05) is 0 Å². The Morgan fingerprint density at radius 1 is 0.793 bits per heavy atom. The van der Waals surface area contributed by atoms with Gasteiger partial charge in [-0.05, 0) is 38.8 Å². The van der Waals surface area contributed by atoms with Crippen molar-refractivity contribution >= 4 is 21.7 Å². The van der Waals surface area contributed by atoms with Gasteiger partial charge in [0.2, 0.25) is 11.8 Å². The lowest BCUT2D eigenvalue weighted by Gasteiger charge is -2.34. The van der Waals surface area contributed by atoms with Crippen LogP contribution in [0.2, 0.25) is 0 Å². The lowest BCUT2D eigenvalue weighted by Crippen LogP contribution is -2.45. The number of sulfone groups is 1. The summed E-state index contributed by atoms with van der Waals surface area (Å²) in [4.78, 5) is 31.8. The van der Waals surface area contributed by atoms with Gasteiger partial charge < -0.3 is 19.6 Å². The SMILES string of the molecule is CN(C)C(=O)C1CCCN(CCS(=O)(=O)CCN2CCCC(C(=O)N(C)C)C2)C1. The molecule has 0 aromatic rings. The molecule has 2 rings (SSSR count). The third-order valence-electron chi connectivity index (χ3n) is 6.03. The predicted molar refractivity (Wildman–Crippen MR) is 114 cm³/mol. The number of likely N-dealkylation sites (tertiary alicyclic amines) is 2. The maximum absolute atomic E-state index is 12.6. The van der Waals surface area contributed by atoms with E-state index in [9.17, 15) is 18.0 Å². The zero-order valence-electron chi connectivity index (χ0n) is 18.5. The minimum atomic E-state index is -3.16. The van der Waals surface area contributed by atoms with Gasteiger partial charge in [-0.2, -0.15) is 0 Å². The molecule has 0 spiro atoms. The Balaban J connectivity index is 1.77. The number of nitrogens with zero attached hydrogens (tertiary/aromatic N) is 4. The summed E-state index contributed by atoms with van der Waals surface area (Å²) in [6, 6.07) is 0. The van der Waals surface area contributed by atoms with Crippen LogP contribution in [-0.2, 0) is 19.4 Å². The number of amides is 2. The number of carbonyl (C=O) groups is 2. The van der Waals surface area contributed by atoms with Crippen LogP contribution in [0.15, 0.2) is 0 Å². The van der Waals surface area contributed by atoms with Crippen LogP contribution in [-0.4, -0.2) is 119 Å². The van der Waals surface area contributed by atoms with Gasteiger partial charge in [-0.3, -0.25) is 9.59 Å². The van der Waals surface area contributed by atoms with Crippen LogP contribution in [0.25, 0.3) is 0 Å². The molecule has 8 nitrogen and oxygen atoms in total. The number of hydrogen-bond donors (Lipinski definition) is 0. The Kier molecular flexibility index (Phi) is 8.91. The lowest BCUT2D eigenvalue weighted by molar-refractivity contribution is -0.135. The highest BCUT2D eigenvalue weighted by Gasteiger charge is 2.29. The van der Waals surface area contributed by atoms with Crippen molar-refractivity contribution in [3.05, 3.63) is 0 Å². The van der Waals surface area contributed by atoms with E-state index in [2.05, 4.69) is 9.80 Å². The topological polar surface area (TPSA) is 81.2 Å². The van der Waals surface area contributed by atoms with Crippen LogP contribution in [0.1, 0.15) is 25.7 Å². The highest BCUT2D eigenvalue weighted by molar-refractivity contribution is 7.91. The summed E-state index contributed by atoms with van der Waals surface area (Å²) < 4.78 is 25.1. The van der Waals surface area contributed by atoms with E-state index in [0.717, 1.165) is 38.8 Å². The zero-order chi connectivity index (χ0) is 21.6. The summed E-state index contributed by atoms with van der Waals surface area (Å²) >= 11 is 0. The molecule has 168 valence electrons. The molecule has 0 bridgehead atoms. The number of carbonyl (C=O) groups excluding carboxylic acids is 2. The second kappa shape index (κ2) is 10.7. The molecule has 0 saturated carbocycles. The number of piperidine rings is 2. The molecule has 0 aromatic heterocycles. The summed E-state index contributed by atoms with van der Waals surface area (Å²) in [5.74, 6) is 0.462. The maximum atomic E-state index is 12.6. The third-order valence-corrected chi connectivity index (χ3v) is 7.64. The van der Waals surface area contributed by atoms with Gasteiger partial charge in [-0.25, -0.2) is 8.42 Å². The fourth-order valence-corrected chi connectivity index (χ4v) is 5.57. The van der Waals surface area contributed by atoms with E-state index in [1.807, 2.05) is 0 Å². The van der Waals surface area contributed by atoms with E-state index >= 15 is 0 Å². The molecule has 29 heavy (non-hydrogen) atoms. The Hall–Kier alpha value is -1.19. The van der Waals surface area contributed by atoms with Gasteiger partial charge in [0, 0.05) is 54.4 Å². The first-order valence-corrected chi connectivity index (χ1v) is 12.5. The van der Waals surface area contributed by atoms with Crippen LogP contribution in [0.3, 0.4) is 0 Å². The minimum Gasteiger partial charge on any atom is -0.349 e. The summed E-state index contributed by atoms with van der Waals surface area (Å²) in [5.41, 5.74) is 0. The molecule has 2 fully saturated rings. The highest BCUT2D eigenvalue weighted by Crippen LogP contribution is 2.19. The van der Waals surface area contributed by atoms with E-state index in [-0.39, 0.29) is 35.2 Å². The van der Waals surface area contributed by atoms with Crippen molar-refractivity contribution in [3.8, 4) is 0 Å². The Labute approximate surface area is 176 Å². The molecule has 2 unspecified atom stereocenters. The fraction of sp³-hybridized carbons (Fsp3) is 0.900. The Bertz CT molecular complexity index is 615. The van der Waals surface area contributed by atoms with Crippen LogP contribution in [0.5, 0.6) is 0 Å². The molecular weight excluding hydrogens is 392 g/mol. The van der Waals surface area contributed by atoms with Gasteiger partial charge >= 0.3 is 0 Å². The second-order valence-corrected chi connectivity index (χ2v) is 11.2. The molecule has 2 aliphatic rings. The van der Waals surface area contributed by atoms with E-state index < -0.39 is 9.84 Å². The maximum Gasteiger partial charge on any atom is 0.226 e. The van der Waals surface area contributed by atoms with Gasteiger partial charge in [0.15, 0.2) is 9.84 Å². The van der Waals surface area contributed by atoms with Gasteiger partial charge in [-0.15, -0.1) is 0 Å². The quantitative estimate of drug-likeness (QED) is 0.539. The third kappa shape index (κ3) is 7.53. The number of hydrogen-bond acceptors (Lipinski definition) is 6. The molecule has 0 radical (unpaired) electrons. The Morgan fingerprint density at radius 2 is 1.17 bits per heavy atom. The van der Waals surface area contributed by atoms with Crippen LogP contribution in [0, 0.1) is 11.8 Å². The number of rotatable bonds is 8. The molecule has 2 atom stereocenters. The van der Waals surface area contributed by atoms with Crippen molar-refractivity contribution in [2.45, 2.75) is 25.7 Å². The van der Waals surface area contributed by atoms with E-state index in [0.29, 0.717) is 26.2 Å². The van der Waals surface area contributed by atoms with Crippen molar-refractivity contribution in [1.29, 1.82) is 0 Å². The predicted octanol–water partition coefficient (Wildman–Crippen LogP) is 0.00160. The van der Waals surface area contributed by atoms with Gasteiger partial charge in [0.25, 0.3) is 0 Å². The Morgan fingerprint density at radius 3 is 1.52 bits per heavy atom. The average molecular weight is 431 g/mol. The molecule has 0 aromatic carbocycles. The van der Waals surface area contributed by atoms with Crippen molar-refractivity contribution in [2.75, 3.05) is 79.0 Å². The summed E-state index contributed by atoms with van der Waals surface area (Å²) in [6.07, 6.45) is 3.61. The molecule has 2 saturated heterocycles. The molecule has 2 aliphatic heterocycles. The van der Waals surface area contributed by atoms with Crippen molar-refractivity contribution in [3.63, 3.8) is 0 Å². The van der Waals surface area contributed by atoms with Crippen molar-refractivity contribution < 1.29 is 18.0 Å². The molecule has 0 N–H and O–H groups in total. The summed E-state index contributed by atoms with van der Waals surface area (Å²) in [5, 5.41) is 0. The smallest absolute Gasteiger partial charge is 0.226 e. The summed E-state index contributed by atoms with van der Waals surface area (Å²) in [7, 11) is 3.90. The molecule has 0 aliphatic carbocycles. The molecule has 9 heteroatoms. The average Bonchev–Trinajstić information content (AvgIpc) is 2.70. The highest BCUT2D eigenvalue weighted by atomic mass is 32.2. The van der Waals surface area contributed by atoms with Crippen molar-refractivity contribution in [2.24, 2.45) is 11.8 Å². The first-order valence-electron chi connectivity index (χ1n) is 10.7.